The number of rotatable bonds is 3. The van der Waals surface area contributed by atoms with Gasteiger partial charge in [0.2, 0.25) is 5.91 Å². The molecule has 0 fully saturated rings. The average Bonchev–Trinajstić information content (AvgIpc) is 3.04. The monoisotopic (exact) mass is 272 g/mol. The minimum Gasteiger partial charge on any atom is -0.480 e. The molecule has 7 heteroatoms. The highest BCUT2D eigenvalue weighted by Crippen LogP contribution is 2.32. The van der Waals surface area contributed by atoms with Crippen LogP contribution >= 0.6 is 0 Å². The van der Waals surface area contributed by atoms with Gasteiger partial charge in [-0.3, -0.25) is 9.69 Å². The molecule has 0 saturated heterocycles. The van der Waals surface area contributed by atoms with E-state index in [-0.39, 0.29) is 12.5 Å². The molecule has 0 spiro atoms. The number of hydrogen-bond donors (Lipinski definition) is 1. The summed E-state index contributed by atoms with van der Waals surface area (Å²) >= 11 is 0. The first-order valence-electron chi connectivity index (χ1n) is 6.13. The van der Waals surface area contributed by atoms with E-state index in [9.17, 15) is 14.7 Å². The number of nitrogens with zero attached hydrogens (tertiary/aromatic N) is 4. The zero-order valence-electron chi connectivity index (χ0n) is 10.5. The number of amides is 1. The van der Waals surface area contributed by atoms with Crippen molar-refractivity contribution in [1.82, 2.24) is 15.0 Å². The molecule has 102 valence electrons. The van der Waals surface area contributed by atoms with Gasteiger partial charge in [-0.15, -0.1) is 5.10 Å². The van der Waals surface area contributed by atoms with Gasteiger partial charge in [0.25, 0.3) is 0 Å². The van der Waals surface area contributed by atoms with Gasteiger partial charge in [0.05, 0.1) is 6.20 Å². The zero-order valence-corrected chi connectivity index (χ0v) is 10.5. The van der Waals surface area contributed by atoms with Crippen LogP contribution in [0.5, 0.6) is 0 Å². The van der Waals surface area contributed by atoms with Gasteiger partial charge in [-0.25, -0.2) is 9.48 Å². The second kappa shape index (κ2) is 4.76. The SMILES string of the molecule is O=C(O)C1Cc2ccccc2N1C(=O)Cn1ccnn1. The second-order valence-corrected chi connectivity index (χ2v) is 4.55. The normalized spacial score (nSPS) is 17.0. The largest absolute Gasteiger partial charge is 0.480 e. The lowest BCUT2D eigenvalue weighted by atomic mass is 10.1. The van der Waals surface area contributed by atoms with Crippen molar-refractivity contribution in [3.63, 3.8) is 0 Å². The van der Waals surface area contributed by atoms with Crippen LogP contribution in [-0.2, 0) is 22.6 Å². The Morgan fingerprint density at radius 3 is 2.85 bits per heavy atom. The van der Waals surface area contributed by atoms with Crippen LogP contribution in [0.15, 0.2) is 36.7 Å². The number of para-hydroxylation sites is 1. The Morgan fingerprint density at radius 1 is 1.35 bits per heavy atom. The lowest BCUT2D eigenvalue weighted by molar-refractivity contribution is -0.140. The van der Waals surface area contributed by atoms with Crippen molar-refractivity contribution in [2.24, 2.45) is 0 Å². The van der Waals surface area contributed by atoms with E-state index in [0.29, 0.717) is 12.1 Å². The molecule has 2 aromatic rings. The summed E-state index contributed by atoms with van der Waals surface area (Å²) in [4.78, 5) is 25.1. The van der Waals surface area contributed by atoms with Crippen LogP contribution in [0.2, 0.25) is 0 Å². The maximum absolute atomic E-state index is 12.4. The Balaban J connectivity index is 1.92. The van der Waals surface area contributed by atoms with E-state index in [0.717, 1.165) is 5.56 Å². The van der Waals surface area contributed by atoms with Gasteiger partial charge in [-0.05, 0) is 11.6 Å². The Hall–Kier alpha value is -2.70. The van der Waals surface area contributed by atoms with E-state index in [2.05, 4.69) is 10.3 Å². The molecule has 20 heavy (non-hydrogen) atoms. The number of carbonyl (C=O) groups is 2. The number of anilines is 1. The van der Waals surface area contributed by atoms with Gasteiger partial charge in [-0.1, -0.05) is 23.4 Å². The fourth-order valence-electron chi connectivity index (χ4n) is 2.42. The second-order valence-electron chi connectivity index (χ2n) is 4.55. The number of aliphatic carboxylic acids is 1. The molecule has 0 bridgehead atoms. The van der Waals surface area contributed by atoms with Crippen molar-refractivity contribution in [3.8, 4) is 0 Å². The van der Waals surface area contributed by atoms with Gasteiger partial charge >= 0.3 is 5.97 Å². The van der Waals surface area contributed by atoms with Crippen molar-refractivity contribution in [3.05, 3.63) is 42.2 Å². The molecule has 1 aliphatic rings. The predicted octanol–water partition coefficient (Wildman–Crippen LogP) is 0.321. The molecule has 1 atom stereocenters. The topological polar surface area (TPSA) is 88.3 Å². The highest BCUT2D eigenvalue weighted by molar-refractivity contribution is 6.01. The summed E-state index contributed by atoms with van der Waals surface area (Å²) in [6.07, 6.45) is 3.37. The third kappa shape index (κ3) is 2.03. The standard InChI is InChI=1S/C13H12N4O3/c18-12(8-16-6-5-14-15-16)17-10-4-2-1-3-9(10)7-11(17)13(19)20/h1-6,11H,7-8H2,(H,19,20). The molecule has 3 rings (SSSR count). The van der Waals surface area contributed by atoms with Crippen LogP contribution in [0, 0.1) is 0 Å². The number of carboxylic acid groups (broad SMARTS) is 1. The van der Waals surface area contributed by atoms with E-state index in [1.54, 1.807) is 18.3 Å². The number of aromatic nitrogens is 3. The number of fused-ring (bicyclic) bond motifs is 1. The van der Waals surface area contributed by atoms with E-state index >= 15 is 0 Å². The molecular formula is C13H12N4O3. The summed E-state index contributed by atoms with van der Waals surface area (Å²) in [7, 11) is 0. The van der Waals surface area contributed by atoms with Crippen LogP contribution in [0.25, 0.3) is 0 Å². The van der Waals surface area contributed by atoms with Crippen LogP contribution in [0.3, 0.4) is 0 Å². The third-order valence-electron chi connectivity index (χ3n) is 3.30. The molecule has 1 aromatic heterocycles. The molecule has 1 amide bonds. The van der Waals surface area contributed by atoms with Crippen molar-refractivity contribution in [2.75, 3.05) is 4.90 Å². The van der Waals surface area contributed by atoms with E-state index in [4.69, 9.17) is 0 Å². The van der Waals surface area contributed by atoms with E-state index < -0.39 is 12.0 Å². The van der Waals surface area contributed by atoms with Gasteiger partial charge in [0.1, 0.15) is 12.6 Å². The van der Waals surface area contributed by atoms with Gasteiger partial charge in [0, 0.05) is 18.3 Å². The lowest BCUT2D eigenvalue weighted by Gasteiger charge is -2.22. The smallest absolute Gasteiger partial charge is 0.327 e. The van der Waals surface area contributed by atoms with Crippen LogP contribution in [0.4, 0.5) is 5.69 Å². The first kappa shape index (κ1) is 12.3. The molecular weight excluding hydrogens is 260 g/mol. The highest BCUT2D eigenvalue weighted by atomic mass is 16.4. The number of carboxylic acids is 1. The lowest BCUT2D eigenvalue weighted by Crippen LogP contribution is -2.44. The summed E-state index contributed by atoms with van der Waals surface area (Å²) in [6, 6.07) is 6.37. The minimum absolute atomic E-state index is 0.0296. The molecule has 0 saturated carbocycles. The summed E-state index contributed by atoms with van der Waals surface area (Å²) in [5, 5.41) is 16.7. The van der Waals surface area contributed by atoms with Gasteiger partial charge in [-0.2, -0.15) is 0 Å². The van der Waals surface area contributed by atoms with Crippen LogP contribution < -0.4 is 4.90 Å². The first-order valence-corrected chi connectivity index (χ1v) is 6.13. The maximum Gasteiger partial charge on any atom is 0.327 e. The average molecular weight is 272 g/mol. The van der Waals surface area contributed by atoms with E-state index in [1.165, 1.54) is 15.8 Å². The summed E-state index contributed by atoms with van der Waals surface area (Å²) < 4.78 is 1.38. The van der Waals surface area contributed by atoms with E-state index in [1.807, 2.05) is 12.1 Å². The number of benzene rings is 1. The van der Waals surface area contributed by atoms with Gasteiger partial charge < -0.3 is 5.11 Å². The summed E-state index contributed by atoms with van der Waals surface area (Å²) in [5.74, 6) is -1.32. The molecule has 2 heterocycles. The molecule has 1 aromatic carbocycles. The Bertz CT molecular complexity index is 653. The maximum atomic E-state index is 12.4. The molecule has 1 unspecified atom stereocenters. The van der Waals surface area contributed by atoms with Crippen LogP contribution in [0.1, 0.15) is 5.56 Å². The van der Waals surface area contributed by atoms with Gasteiger partial charge in [0.15, 0.2) is 0 Å². The summed E-state index contributed by atoms with van der Waals surface area (Å²) in [5.41, 5.74) is 1.52. The Kier molecular flexibility index (Phi) is 2.94. The minimum atomic E-state index is -1.01. The first-order chi connectivity index (χ1) is 9.66. The zero-order chi connectivity index (χ0) is 14.1. The fourth-order valence-corrected chi connectivity index (χ4v) is 2.42. The summed E-state index contributed by atoms with van der Waals surface area (Å²) in [6.45, 7) is -0.0296. The molecule has 0 aliphatic carbocycles. The molecule has 1 N–H and O–H groups in total. The predicted molar refractivity (Wildman–Crippen MR) is 69.1 cm³/mol. The Labute approximate surface area is 114 Å². The number of hydrogen-bond acceptors (Lipinski definition) is 4. The third-order valence-corrected chi connectivity index (χ3v) is 3.30. The van der Waals surface area contributed by atoms with Crippen molar-refractivity contribution in [2.45, 2.75) is 19.0 Å². The molecule has 1 aliphatic heterocycles. The fraction of sp³-hybridized carbons (Fsp3) is 0.231. The highest BCUT2D eigenvalue weighted by Gasteiger charge is 2.38. The molecule has 7 nitrogen and oxygen atoms in total. The van der Waals surface area contributed by atoms with Crippen molar-refractivity contribution >= 4 is 17.6 Å². The quantitative estimate of drug-likeness (QED) is 0.869. The number of carbonyl (C=O) groups excluding carboxylic acids is 1. The van der Waals surface area contributed by atoms with Crippen molar-refractivity contribution < 1.29 is 14.7 Å². The van der Waals surface area contributed by atoms with Crippen molar-refractivity contribution in [1.29, 1.82) is 0 Å². The Morgan fingerprint density at radius 2 is 2.15 bits per heavy atom. The van der Waals surface area contributed by atoms with Crippen LogP contribution in [-0.4, -0.2) is 38.0 Å². The molecule has 0 radical (unpaired) electrons.